The van der Waals surface area contributed by atoms with Gasteiger partial charge in [-0.15, -0.1) is 0 Å². The summed E-state index contributed by atoms with van der Waals surface area (Å²) in [5, 5.41) is 7.89. The molecule has 0 aliphatic carbocycles. The molecule has 2 atom stereocenters. The second-order valence-electron chi connectivity index (χ2n) is 4.63. The fourth-order valence-corrected chi connectivity index (χ4v) is 2.54. The van der Waals surface area contributed by atoms with Crippen LogP contribution in [0.15, 0.2) is 4.47 Å². The van der Waals surface area contributed by atoms with E-state index in [1.165, 1.54) is 5.69 Å². The maximum absolute atomic E-state index is 5.34. The van der Waals surface area contributed by atoms with Crippen molar-refractivity contribution in [2.24, 2.45) is 0 Å². The Labute approximate surface area is 118 Å². The van der Waals surface area contributed by atoms with E-state index in [1.54, 1.807) is 7.11 Å². The average Bonchev–Trinajstić information content (AvgIpc) is 2.65. The number of methoxy groups -OCH3 is 1. The summed E-state index contributed by atoms with van der Waals surface area (Å²) in [7, 11) is 3.76. The summed E-state index contributed by atoms with van der Waals surface area (Å²) in [4.78, 5) is 0. The Bertz CT molecular complexity index is 379. The van der Waals surface area contributed by atoms with Gasteiger partial charge in [0, 0.05) is 26.1 Å². The lowest BCUT2D eigenvalue weighted by atomic mass is 10.0. The molecule has 0 fully saturated rings. The first-order valence-corrected chi connectivity index (χ1v) is 7.24. The number of nitrogens with zero attached hydrogens (tertiary/aromatic N) is 2. The minimum atomic E-state index is 0.264. The molecule has 0 aliphatic rings. The lowest BCUT2D eigenvalue weighted by Gasteiger charge is -2.20. The number of rotatable bonds is 7. The molecule has 18 heavy (non-hydrogen) atoms. The summed E-state index contributed by atoms with van der Waals surface area (Å²) < 4.78 is 8.54. The zero-order valence-corrected chi connectivity index (χ0v) is 13.5. The molecule has 1 rings (SSSR count). The van der Waals surface area contributed by atoms with E-state index >= 15 is 0 Å². The van der Waals surface area contributed by atoms with E-state index in [4.69, 9.17) is 4.74 Å². The molecular formula is C13H24BrN3O. The molecule has 1 N–H and O–H groups in total. The van der Waals surface area contributed by atoms with Gasteiger partial charge in [-0.25, -0.2) is 0 Å². The van der Waals surface area contributed by atoms with Crippen LogP contribution in [0.25, 0.3) is 0 Å². The van der Waals surface area contributed by atoms with E-state index in [0.717, 1.165) is 29.6 Å². The smallest absolute Gasteiger partial charge is 0.0738 e. The largest absolute Gasteiger partial charge is 0.382 e. The molecule has 5 heteroatoms. The molecule has 1 aromatic heterocycles. The van der Waals surface area contributed by atoms with Crippen molar-refractivity contribution in [3.63, 3.8) is 0 Å². The second-order valence-corrected chi connectivity index (χ2v) is 5.43. The Hall–Kier alpha value is -0.390. The highest BCUT2D eigenvalue weighted by Crippen LogP contribution is 2.23. The van der Waals surface area contributed by atoms with Gasteiger partial charge in [0.1, 0.15) is 0 Å². The van der Waals surface area contributed by atoms with Crippen LogP contribution in [-0.2, 0) is 17.7 Å². The SMILES string of the molecule is CCn1nc(C)c(Br)c1CC(CC(C)OC)NC. The third-order valence-corrected chi connectivity index (χ3v) is 4.35. The topological polar surface area (TPSA) is 39.1 Å². The molecule has 0 saturated carbocycles. The van der Waals surface area contributed by atoms with Gasteiger partial charge in [-0.05, 0) is 50.2 Å². The third kappa shape index (κ3) is 3.80. The van der Waals surface area contributed by atoms with Crippen molar-refractivity contribution in [3.05, 3.63) is 15.9 Å². The van der Waals surface area contributed by atoms with Crippen molar-refractivity contribution in [1.29, 1.82) is 0 Å². The average molecular weight is 318 g/mol. The standard InChI is InChI=1S/C13H24BrN3O/c1-6-17-12(13(14)10(3)16-17)8-11(15-4)7-9(2)18-5/h9,11,15H,6-8H2,1-5H3. The fraction of sp³-hybridized carbons (Fsp3) is 0.769. The predicted molar refractivity (Wildman–Crippen MR) is 78.0 cm³/mol. The maximum atomic E-state index is 5.34. The van der Waals surface area contributed by atoms with Crippen LogP contribution < -0.4 is 5.32 Å². The first kappa shape index (κ1) is 15.7. The van der Waals surface area contributed by atoms with Crippen LogP contribution in [0, 0.1) is 6.92 Å². The van der Waals surface area contributed by atoms with Crippen LogP contribution in [0.1, 0.15) is 31.7 Å². The van der Waals surface area contributed by atoms with Crippen molar-refractivity contribution >= 4 is 15.9 Å². The Morgan fingerprint density at radius 3 is 2.67 bits per heavy atom. The summed E-state index contributed by atoms with van der Waals surface area (Å²) in [6, 6.07) is 0.401. The highest BCUT2D eigenvalue weighted by Gasteiger charge is 2.18. The monoisotopic (exact) mass is 317 g/mol. The van der Waals surface area contributed by atoms with E-state index in [2.05, 4.69) is 44.9 Å². The van der Waals surface area contributed by atoms with Crippen LogP contribution in [0.3, 0.4) is 0 Å². The minimum Gasteiger partial charge on any atom is -0.382 e. The third-order valence-electron chi connectivity index (χ3n) is 3.32. The van der Waals surface area contributed by atoms with Gasteiger partial charge in [0.15, 0.2) is 0 Å². The van der Waals surface area contributed by atoms with Crippen LogP contribution in [-0.4, -0.2) is 36.1 Å². The molecule has 2 unspecified atom stereocenters. The van der Waals surface area contributed by atoms with Crippen molar-refractivity contribution < 1.29 is 4.74 Å². The van der Waals surface area contributed by atoms with Gasteiger partial charge in [0.2, 0.25) is 0 Å². The Balaban J connectivity index is 2.81. The minimum absolute atomic E-state index is 0.264. The van der Waals surface area contributed by atoms with E-state index in [-0.39, 0.29) is 6.10 Å². The molecule has 1 aromatic rings. The van der Waals surface area contributed by atoms with Crippen molar-refractivity contribution in [2.75, 3.05) is 14.2 Å². The lowest BCUT2D eigenvalue weighted by Crippen LogP contribution is -2.32. The van der Waals surface area contributed by atoms with Gasteiger partial charge in [0.25, 0.3) is 0 Å². The second kappa shape index (κ2) is 7.26. The normalized spacial score (nSPS) is 14.8. The highest BCUT2D eigenvalue weighted by molar-refractivity contribution is 9.10. The first-order chi connectivity index (χ1) is 8.53. The lowest BCUT2D eigenvalue weighted by molar-refractivity contribution is 0.101. The summed E-state index contributed by atoms with van der Waals surface area (Å²) in [5.74, 6) is 0. The van der Waals surface area contributed by atoms with E-state index in [1.807, 2.05) is 14.0 Å². The quantitative estimate of drug-likeness (QED) is 0.840. The molecule has 0 aromatic carbocycles. The highest BCUT2D eigenvalue weighted by atomic mass is 79.9. The number of hydrogen-bond donors (Lipinski definition) is 1. The summed E-state index contributed by atoms with van der Waals surface area (Å²) >= 11 is 3.64. The predicted octanol–water partition coefficient (Wildman–Crippen LogP) is 2.53. The van der Waals surface area contributed by atoms with Gasteiger partial charge in [0.05, 0.1) is 22.0 Å². The molecule has 0 aliphatic heterocycles. The molecule has 4 nitrogen and oxygen atoms in total. The Morgan fingerprint density at radius 2 is 2.17 bits per heavy atom. The first-order valence-electron chi connectivity index (χ1n) is 6.45. The molecular weight excluding hydrogens is 294 g/mol. The van der Waals surface area contributed by atoms with Crippen LogP contribution in [0.4, 0.5) is 0 Å². The number of hydrogen-bond acceptors (Lipinski definition) is 3. The number of ether oxygens (including phenoxy) is 1. The van der Waals surface area contributed by atoms with Crippen LogP contribution in [0.5, 0.6) is 0 Å². The van der Waals surface area contributed by atoms with Crippen molar-refractivity contribution in [3.8, 4) is 0 Å². The van der Waals surface area contributed by atoms with Gasteiger partial charge in [-0.2, -0.15) is 5.10 Å². The summed E-state index contributed by atoms with van der Waals surface area (Å²) in [6.45, 7) is 7.15. The van der Waals surface area contributed by atoms with Crippen LogP contribution in [0.2, 0.25) is 0 Å². The number of likely N-dealkylation sites (N-methyl/N-ethyl adjacent to an activating group) is 1. The van der Waals surface area contributed by atoms with E-state index < -0.39 is 0 Å². The number of aryl methyl sites for hydroxylation is 2. The number of nitrogens with one attached hydrogen (secondary N) is 1. The molecule has 0 spiro atoms. The van der Waals surface area contributed by atoms with E-state index in [9.17, 15) is 0 Å². The van der Waals surface area contributed by atoms with Gasteiger partial charge >= 0.3 is 0 Å². The zero-order chi connectivity index (χ0) is 13.7. The van der Waals surface area contributed by atoms with Gasteiger partial charge < -0.3 is 10.1 Å². The number of halogens is 1. The van der Waals surface area contributed by atoms with Crippen molar-refractivity contribution in [2.45, 2.75) is 52.3 Å². The fourth-order valence-electron chi connectivity index (χ4n) is 2.10. The summed E-state index contributed by atoms with van der Waals surface area (Å²) in [5.41, 5.74) is 2.32. The molecule has 0 amide bonds. The Morgan fingerprint density at radius 1 is 1.50 bits per heavy atom. The summed E-state index contributed by atoms with van der Waals surface area (Å²) in [6.07, 6.45) is 2.22. The van der Waals surface area contributed by atoms with Crippen molar-refractivity contribution in [1.82, 2.24) is 15.1 Å². The van der Waals surface area contributed by atoms with Gasteiger partial charge in [-0.3, -0.25) is 4.68 Å². The molecule has 0 bridgehead atoms. The number of aromatic nitrogens is 2. The van der Waals surface area contributed by atoms with E-state index in [0.29, 0.717) is 6.04 Å². The van der Waals surface area contributed by atoms with Gasteiger partial charge in [-0.1, -0.05) is 0 Å². The molecule has 1 heterocycles. The van der Waals surface area contributed by atoms with Crippen LogP contribution >= 0.6 is 15.9 Å². The molecule has 0 radical (unpaired) electrons. The zero-order valence-electron chi connectivity index (χ0n) is 12.0. The Kier molecular flexibility index (Phi) is 6.32. The molecule has 104 valence electrons. The maximum Gasteiger partial charge on any atom is 0.0738 e. The molecule has 0 saturated heterocycles.